The van der Waals surface area contributed by atoms with Crippen LogP contribution in [0.2, 0.25) is 0 Å². The molecule has 0 aliphatic heterocycles. The van der Waals surface area contributed by atoms with E-state index in [-0.39, 0.29) is 23.5 Å². The van der Waals surface area contributed by atoms with Gasteiger partial charge in [0.25, 0.3) is 0 Å². The third kappa shape index (κ3) is 5.26. The van der Waals surface area contributed by atoms with Crippen molar-refractivity contribution >= 4 is 21.9 Å². The van der Waals surface area contributed by atoms with Gasteiger partial charge in [-0.3, -0.25) is 18.6 Å². The first-order valence-electron chi connectivity index (χ1n) is 10.3. The van der Waals surface area contributed by atoms with Gasteiger partial charge < -0.3 is 15.5 Å². The van der Waals surface area contributed by atoms with Gasteiger partial charge in [0.15, 0.2) is 0 Å². The number of ketones is 1. The van der Waals surface area contributed by atoms with Crippen LogP contribution in [0.5, 0.6) is 0 Å². The minimum atomic E-state index is -4.08. The highest BCUT2D eigenvalue weighted by Crippen LogP contribution is 2.28. The van der Waals surface area contributed by atoms with Crippen molar-refractivity contribution in [3.8, 4) is 0 Å². The van der Waals surface area contributed by atoms with Gasteiger partial charge in [-0.2, -0.15) is 18.2 Å². The topological polar surface area (TPSA) is 181 Å². The fourth-order valence-corrected chi connectivity index (χ4v) is 4.23. The van der Waals surface area contributed by atoms with Gasteiger partial charge in [0.05, 0.1) is 18.2 Å². The fourth-order valence-electron chi connectivity index (χ4n) is 3.61. The molecule has 0 unspecified atom stereocenters. The molecule has 3 aromatic heterocycles. The quantitative estimate of drug-likeness (QED) is 0.273. The minimum Gasteiger partial charge on any atom is -0.388 e. The molecule has 1 aliphatic carbocycles. The summed E-state index contributed by atoms with van der Waals surface area (Å²) in [7, 11) is -2.91. The predicted molar refractivity (Wildman–Crippen MR) is 118 cm³/mol. The number of hydrogen-bond donors (Lipinski definition) is 4. The minimum absolute atomic E-state index is 0.0549. The van der Waals surface area contributed by atoms with Crippen molar-refractivity contribution in [3.63, 3.8) is 0 Å². The fraction of sp³-hybridized carbons (Fsp3) is 0.350. The number of anilines is 1. The molecule has 1 saturated carbocycles. The molecule has 4 atom stereocenters. The average Bonchev–Trinajstić information content (AvgIpc) is 3.40. The van der Waals surface area contributed by atoms with Gasteiger partial charge in [-0.05, 0) is 17.7 Å². The van der Waals surface area contributed by atoms with E-state index in [1.54, 1.807) is 29.3 Å². The van der Waals surface area contributed by atoms with E-state index in [0.717, 1.165) is 5.56 Å². The molecule has 14 heteroatoms. The molecule has 13 nitrogen and oxygen atoms in total. The molecule has 4 N–H and O–H groups in total. The lowest BCUT2D eigenvalue weighted by atomic mass is 10.1. The summed E-state index contributed by atoms with van der Waals surface area (Å²) in [5.41, 5.74) is 1.18. The third-order valence-electron chi connectivity index (χ3n) is 5.35. The Bertz CT molecular complexity index is 1250. The lowest BCUT2D eigenvalue weighted by molar-refractivity contribution is -0.00882. The van der Waals surface area contributed by atoms with Crippen LogP contribution in [0.1, 0.15) is 28.0 Å². The molecule has 1 fully saturated rings. The molecule has 0 amide bonds. The van der Waals surface area contributed by atoms with E-state index in [4.69, 9.17) is 4.18 Å². The highest BCUT2D eigenvalue weighted by Gasteiger charge is 2.44. The second-order valence-electron chi connectivity index (χ2n) is 7.63. The Hall–Kier alpha value is -3.30. The summed E-state index contributed by atoms with van der Waals surface area (Å²) in [6.45, 7) is 0.431. The normalized spacial score (nSPS) is 22.6. The smallest absolute Gasteiger partial charge is 0.335 e. The summed E-state index contributed by atoms with van der Waals surface area (Å²) in [5, 5.41) is 27.8. The van der Waals surface area contributed by atoms with Crippen molar-refractivity contribution in [1.82, 2.24) is 29.5 Å². The van der Waals surface area contributed by atoms with Gasteiger partial charge in [0.2, 0.25) is 5.78 Å². The highest BCUT2D eigenvalue weighted by atomic mass is 32.2. The number of aromatic nitrogens is 5. The van der Waals surface area contributed by atoms with Crippen molar-refractivity contribution in [1.29, 1.82) is 0 Å². The zero-order valence-electron chi connectivity index (χ0n) is 18.0. The van der Waals surface area contributed by atoms with Crippen molar-refractivity contribution < 1.29 is 27.6 Å². The molecular formula is C20H23N7O6S. The summed E-state index contributed by atoms with van der Waals surface area (Å²) >= 11 is 0. The first-order chi connectivity index (χ1) is 16.3. The molecule has 0 bridgehead atoms. The van der Waals surface area contributed by atoms with Crippen LogP contribution >= 0.6 is 0 Å². The Labute approximate surface area is 195 Å². The number of rotatable bonds is 9. The van der Waals surface area contributed by atoms with Crippen LogP contribution in [0.3, 0.4) is 0 Å². The largest absolute Gasteiger partial charge is 0.388 e. The summed E-state index contributed by atoms with van der Waals surface area (Å²) in [5.74, 6) is -0.346. The number of carbonyl (C=O) groups excluding carboxylic acids is 1. The SMILES string of the molecule is CNS(=O)(=O)O[C@@H]1C[C@@H](Nc2ncncc2C(=O)c2ccn(Cc3cccnc3)n2)[C@H](O)[C@H]1O. The van der Waals surface area contributed by atoms with Gasteiger partial charge >= 0.3 is 10.3 Å². The van der Waals surface area contributed by atoms with Crippen LogP contribution in [0, 0.1) is 0 Å². The predicted octanol–water partition coefficient (Wildman–Crippen LogP) is -0.897. The molecule has 0 saturated heterocycles. The molecular weight excluding hydrogens is 466 g/mol. The van der Waals surface area contributed by atoms with Gasteiger partial charge in [-0.15, -0.1) is 0 Å². The third-order valence-corrected chi connectivity index (χ3v) is 6.35. The molecule has 1 aliphatic rings. The molecule has 4 rings (SSSR count). The maximum absolute atomic E-state index is 13.1. The van der Waals surface area contributed by atoms with Crippen LogP contribution in [0.4, 0.5) is 5.82 Å². The van der Waals surface area contributed by atoms with Crippen LogP contribution < -0.4 is 10.0 Å². The summed E-state index contributed by atoms with van der Waals surface area (Å²) < 4.78 is 31.8. The van der Waals surface area contributed by atoms with Crippen LogP contribution in [-0.4, -0.2) is 80.5 Å². The Morgan fingerprint density at radius 1 is 1.24 bits per heavy atom. The molecule has 3 heterocycles. The number of pyridine rings is 1. The van der Waals surface area contributed by atoms with E-state index in [9.17, 15) is 23.4 Å². The Kier molecular flexibility index (Phi) is 6.95. The zero-order valence-corrected chi connectivity index (χ0v) is 18.8. The molecule has 0 spiro atoms. The van der Waals surface area contributed by atoms with Crippen LogP contribution in [-0.2, 0) is 21.0 Å². The molecule has 34 heavy (non-hydrogen) atoms. The molecule has 0 aromatic carbocycles. The van der Waals surface area contributed by atoms with Crippen molar-refractivity contribution in [2.45, 2.75) is 37.3 Å². The Balaban J connectivity index is 1.50. The van der Waals surface area contributed by atoms with Crippen LogP contribution in [0.15, 0.2) is 49.3 Å². The standard InChI is InChI=1S/C20H23N7O6S/c1-21-34(31,32)33-16-7-15(18(29)19(16)30)25-20-13(9-23-11-24-20)17(28)14-4-6-27(26-14)10-12-3-2-5-22-8-12/h2-6,8-9,11,15-16,18-19,21,29-30H,7,10H2,1H3,(H,23,24,25)/t15-,16-,18+,19+/m1/s1. The van der Waals surface area contributed by atoms with E-state index < -0.39 is 40.4 Å². The van der Waals surface area contributed by atoms with Gasteiger partial charge in [-0.1, -0.05) is 6.07 Å². The maximum Gasteiger partial charge on any atom is 0.335 e. The highest BCUT2D eigenvalue weighted by molar-refractivity contribution is 7.84. The Morgan fingerprint density at radius 3 is 2.79 bits per heavy atom. The lowest BCUT2D eigenvalue weighted by Crippen LogP contribution is -2.38. The molecule has 0 radical (unpaired) electrons. The van der Waals surface area contributed by atoms with Crippen molar-refractivity contribution in [2.75, 3.05) is 12.4 Å². The maximum atomic E-state index is 13.1. The van der Waals surface area contributed by atoms with Crippen molar-refractivity contribution in [3.05, 3.63) is 66.1 Å². The average molecular weight is 490 g/mol. The van der Waals surface area contributed by atoms with Gasteiger partial charge in [-0.25, -0.2) is 9.97 Å². The van der Waals surface area contributed by atoms with E-state index in [2.05, 4.69) is 25.4 Å². The number of nitrogens with one attached hydrogen (secondary N) is 2. The Morgan fingerprint density at radius 2 is 2.06 bits per heavy atom. The van der Waals surface area contributed by atoms with E-state index >= 15 is 0 Å². The molecule has 180 valence electrons. The van der Waals surface area contributed by atoms with Crippen LogP contribution in [0.25, 0.3) is 0 Å². The summed E-state index contributed by atoms with van der Waals surface area (Å²) in [6.07, 6.45) is 3.49. The zero-order chi connectivity index (χ0) is 24.3. The first-order valence-corrected chi connectivity index (χ1v) is 11.7. The molecule has 3 aromatic rings. The summed E-state index contributed by atoms with van der Waals surface area (Å²) in [4.78, 5) is 25.2. The second kappa shape index (κ2) is 9.90. The van der Waals surface area contributed by atoms with Crippen molar-refractivity contribution in [2.24, 2.45) is 0 Å². The van der Waals surface area contributed by atoms with E-state index in [1.165, 1.54) is 19.6 Å². The van der Waals surface area contributed by atoms with E-state index in [0.29, 0.717) is 6.54 Å². The van der Waals surface area contributed by atoms with Gasteiger partial charge in [0.1, 0.15) is 36.2 Å². The summed E-state index contributed by atoms with van der Waals surface area (Å²) in [6, 6.07) is 4.43. The van der Waals surface area contributed by atoms with Gasteiger partial charge in [0, 0.05) is 38.3 Å². The number of aliphatic hydroxyl groups excluding tert-OH is 2. The second-order valence-corrected chi connectivity index (χ2v) is 9.14. The van der Waals surface area contributed by atoms with E-state index in [1.807, 2.05) is 16.9 Å². The number of carbonyl (C=O) groups is 1. The number of hydrogen-bond acceptors (Lipinski definition) is 11. The lowest BCUT2D eigenvalue weighted by Gasteiger charge is -2.19. The number of nitrogens with zero attached hydrogens (tertiary/aromatic N) is 5. The monoisotopic (exact) mass is 489 g/mol. The first kappa shape index (κ1) is 23.8. The number of aliphatic hydroxyl groups is 2.